The van der Waals surface area contributed by atoms with Crippen LogP contribution in [0.1, 0.15) is 18.2 Å². The van der Waals surface area contributed by atoms with E-state index < -0.39 is 0 Å². The first-order valence-corrected chi connectivity index (χ1v) is 7.31. The maximum atomic E-state index is 6.06. The van der Waals surface area contributed by atoms with Crippen LogP contribution in [0.4, 0.5) is 0 Å². The Bertz CT molecular complexity index is 745. The van der Waals surface area contributed by atoms with Crippen LogP contribution < -0.4 is 5.32 Å². The smallest absolute Gasteiger partial charge is 0.149 e. The van der Waals surface area contributed by atoms with E-state index in [9.17, 15) is 0 Å². The second-order valence-corrected chi connectivity index (χ2v) is 5.47. The zero-order valence-electron chi connectivity index (χ0n) is 11.1. The maximum absolute atomic E-state index is 6.06. The number of furan rings is 1. The maximum Gasteiger partial charge on any atom is 0.149 e. The molecular formula is C16H16BrNO. The van der Waals surface area contributed by atoms with E-state index in [2.05, 4.69) is 58.5 Å². The minimum absolute atomic E-state index is 0.765. The average Bonchev–Trinajstić information content (AvgIpc) is 2.77. The number of rotatable bonds is 3. The Labute approximate surface area is 120 Å². The van der Waals surface area contributed by atoms with E-state index in [4.69, 9.17) is 4.42 Å². The predicted octanol–water partition coefficient (Wildman–Crippen LogP) is 4.63. The molecule has 0 radical (unpaired) electrons. The fraction of sp³-hybridized carbons (Fsp3) is 0.250. The van der Waals surface area contributed by atoms with Gasteiger partial charge in [-0.2, -0.15) is 0 Å². The number of halogens is 1. The summed E-state index contributed by atoms with van der Waals surface area (Å²) in [4.78, 5) is 0. The number of benzene rings is 2. The van der Waals surface area contributed by atoms with Gasteiger partial charge in [-0.3, -0.25) is 0 Å². The van der Waals surface area contributed by atoms with Gasteiger partial charge in [-0.25, -0.2) is 0 Å². The molecule has 0 aliphatic rings. The van der Waals surface area contributed by atoms with Crippen LogP contribution in [-0.2, 0) is 13.0 Å². The quantitative estimate of drug-likeness (QED) is 0.761. The van der Waals surface area contributed by atoms with Crippen molar-refractivity contribution in [2.24, 2.45) is 0 Å². The summed E-state index contributed by atoms with van der Waals surface area (Å²) in [5.41, 5.74) is 2.26. The minimum Gasteiger partial charge on any atom is -0.458 e. The Morgan fingerprint density at radius 1 is 1.21 bits per heavy atom. The van der Waals surface area contributed by atoms with Gasteiger partial charge in [0.05, 0.1) is 11.0 Å². The molecule has 1 heterocycles. The molecule has 0 amide bonds. The minimum atomic E-state index is 0.765. The van der Waals surface area contributed by atoms with Crippen molar-refractivity contribution in [1.82, 2.24) is 5.32 Å². The Hall–Kier alpha value is -1.32. The van der Waals surface area contributed by atoms with Crippen molar-refractivity contribution in [2.75, 3.05) is 7.05 Å². The third-order valence-corrected chi connectivity index (χ3v) is 4.31. The van der Waals surface area contributed by atoms with E-state index in [0.29, 0.717) is 0 Å². The zero-order chi connectivity index (χ0) is 13.4. The molecule has 0 spiro atoms. The molecule has 1 N–H and O–H groups in total. The molecule has 1 aromatic heterocycles. The topological polar surface area (TPSA) is 25.2 Å². The predicted molar refractivity (Wildman–Crippen MR) is 83.6 cm³/mol. The molecule has 0 atom stereocenters. The van der Waals surface area contributed by atoms with Crippen LogP contribution in [0.15, 0.2) is 39.2 Å². The lowest BCUT2D eigenvalue weighted by Gasteiger charge is -2.02. The third-order valence-electron chi connectivity index (χ3n) is 3.52. The van der Waals surface area contributed by atoms with Crippen LogP contribution in [0.3, 0.4) is 0 Å². The highest BCUT2D eigenvalue weighted by molar-refractivity contribution is 9.10. The number of aryl methyl sites for hydroxylation is 1. The van der Waals surface area contributed by atoms with Crippen LogP contribution in [0, 0.1) is 0 Å². The summed E-state index contributed by atoms with van der Waals surface area (Å²) in [6, 6.07) is 10.6. The Morgan fingerprint density at radius 3 is 2.74 bits per heavy atom. The highest BCUT2D eigenvalue weighted by atomic mass is 79.9. The highest BCUT2D eigenvalue weighted by Gasteiger charge is 2.16. The molecule has 0 aliphatic carbocycles. The Balaban J connectivity index is 2.40. The van der Waals surface area contributed by atoms with Crippen molar-refractivity contribution in [3.05, 3.63) is 46.1 Å². The number of fused-ring (bicyclic) bond motifs is 2. The SMILES string of the molecule is CCc1c(CNC)oc2c(Br)c3ccccc3cc12. The van der Waals surface area contributed by atoms with E-state index in [1.54, 1.807) is 0 Å². The second kappa shape index (κ2) is 4.99. The lowest BCUT2D eigenvalue weighted by Crippen LogP contribution is -2.05. The van der Waals surface area contributed by atoms with Crippen molar-refractivity contribution >= 4 is 37.7 Å². The molecule has 3 aromatic rings. The summed E-state index contributed by atoms with van der Waals surface area (Å²) in [6.07, 6.45) is 0.981. The molecule has 3 rings (SSSR count). The summed E-state index contributed by atoms with van der Waals surface area (Å²) in [6.45, 7) is 2.94. The highest BCUT2D eigenvalue weighted by Crippen LogP contribution is 2.37. The van der Waals surface area contributed by atoms with Gasteiger partial charge < -0.3 is 9.73 Å². The lowest BCUT2D eigenvalue weighted by molar-refractivity contribution is 0.524. The van der Waals surface area contributed by atoms with Gasteiger partial charge in [-0.05, 0) is 46.2 Å². The first-order valence-electron chi connectivity index (χ1n) is 6.52. The molecule has 0 bridgehead atoms. The first kappa shape index (κ1) is 12.7. The molecule has 0 fully saturated rings. The lowest BCUT2D eigenvalue weighted by atomic mass is 10.0. The van der Waals surface area contributed by atoms with Crippen molar-refractivity contribution in [1.29, 1.82) is 0 Å². The summed E-state index contributed by atoms with van der Waals surface area (Å²) < 4.78 is 7.11. The third kappa shape index (κ3) is 1.97. The van der Waals surface area contributed by atoms with Gasteiger partial charge in [0.25, 0.3) is 0 Å². The van der Waals surface area contributed by atoms with Crippen molar-refractivity contribution in [3.63, 3.8) is 0 Å². The summed E-state index contributed by atoms with van der Waals surface area (Å²) in [7, 11) is 1.94. The average molecular weight is 318 g/mol. The van der Waals surface area contributed by atoms with E-state index in [-0.39, 0.29) is 0 Å². The molecule has 3 heteroatoms. The van der Waals surface area contributed by atoms with Gasteiger partial charge in [-0.15, -0.1) is 0 Å². The Morgan fingerprint density at radius 2 is 2.00 bits per heavy atom. The summed E-state index contributed by atoms with van der Waals surface area (Å²) >= 11 is 3.70. The zero-order valence-corrected chi connectivity index (χ0v) is 12.7. The van der Waals surface area contributed by atoms with Crippen molar-refractivity contribution in [2.45, 2.75) is 19.9 Å². The van der Waals surface area contributed by atoms with E-state index >= 15 is 0 Å². The molecular weight excluding hydrogens is 302 g/mol. The van der Waals surface area contributed by atoms with Crippen LogP contribution in [0.5, 0.6) is 0 Å². The molecule has 2 nitrogen and oxygen atoms in total. The molecule has 0 saturated carbocycles. The molecule has 0 aliphatic heterocycles. The van der Waals surface area contributed by atoms with Crippen LogP contribution >= 0.6 is 15.9 Å². The van der Waals surface area contributed by atoms with Gasteiger partial charge in [0, 0.05) is 10.9 Å². The van der Waals surface area contributed by atoms with Gasteiger partial charge >= 0.3 is 0 Å². The fourth-order valence-corrected chi connectivity index (χ4v) is 3.29. The molecule has 2 aromatic carbocycles. The molecule has 0 saturated heterocycles. The van der Waals surface area contributed by atoms with E-state index in [1.807, 2.05) is 7.05 Å². The van der Waals surface area contributed by atoms with Crippen LogP contribution in [-0.4, -0.2) is 7.05 Å². The Kier molecular flexibility index (Phi) is 3.33. The van der Waals surface area contributed by atoms with Gasteiger partial charge in [0.1, 0.15) is 11.3 Å². The molecule has 19 heavy (non-hydrogen) atoms. The van der Waals surface area contributed by atoms with Gasteiger partial charge in [0.15, 0.2) is 0 Å². The standard InChI is InChI=1S/C16H16BrNO/c1-3-11-13-8-10-6-4-5-7-12(10)15(17)16(13)19-14(11)9-18-2/h4-8,18H,3,9H2,1-2H3. The van der Waals surface area contributed by atoms with Crippen molar-refractivity contribution in [3.8, 4) is 0 Å². The fourth-order valence-electron chi connectivity index (χ4n) is 2.63. The second-order valence-electron chi connectivity index (χ2n) is 4.68. The van der Waals surface area contributed by atoms with Gasteiger partial charge in [-0.1, -0.05) is 31.2 Å². The summed E-state index contributed by atoms with van der Waals surface area (Å²) in [5.74, 6) is 1.04. The largest absolute Gasteiger partial charge is 0.458 e. The first-order chi connectivity index (χ1) is 9.26. The number of hydrogen-bond donors (Lipinski definition) is 1. The molecule has 98 valence electrons. The van der Waals surface area contributed by atoms with E-state index in [0.717, 1.165) is 28.8 Å². The normalized spacial score (nSPS) is 11.5. The van der Waals surface area contributed by atoms with E-state index in [1.165, 1.54) is 21.7 Å². The van der Waals surface area contributed by atoms with Gasteiger partial charge in [0.2, 0.25) is 0 Å². The van der Waals surface area contributed by atoms with Crippen molar-refractivity contribution < 1.29 is 4.42 Å². The molecule has 0 unspecified atom stereocenters. The monoisotopic (exact) mass is 317 g/mol. The number of nitrogens with one attached hydrogen (secondary N) is 1. The van der Waals surface area contributed by atoms with Crippen LogP contribution in [0.25, 0.3) is 21.7 Å². The van der Waals surface area contributed by atoms with Crippen LogP contribution in [0.2, 0.25) is 0 Å². The number of hydrogen-bond acceptors (Lipinski definition) is 2. The summed E-state index contributed by atoms with van der Waals surface area (Å²) in [5, 5.41) is 6.83.